The van der Waals surface area contributed by atoms with Gasteiger partial charge in [0, 0.05) is 0 Å². The number of hydrogen-bond acceptors (Lipinski definition) is 6. The minimum atomic E-state index is -1.09. The highest BCUT2D eigenvalue weighted by atomic mass is 32.2. The lowest BCUT2D eigenvalue weighted by Gasteiger charge is -2.26. The molecule has 6 nitrogen and oxygen atoms in total. The Bertz CT molecular complexity index is 755. The maximum Gasteiger partial charge on any atom is 0.337 e. The van der Waals surface area contributed by atoms with E-state index in [0.29, 0.717) is 16.0 Å². The average Bonchev–Trinajstić information content (AvgIpc) is 2.82. The first-order chi connectivity index (χ1) is 11.8. The van der Waals surface area contributed by atoms with E-state index in [0.717, 1.165) is 16.7 Å². The van der Waals surface area contributed by atoms with Gasteiger partial charge in [-0.3, -0.25) is 9.69 Å². The maximum absolute atomic E-state index is 12.6. The second-order valence-electron chi connectivity index (χ2n) is 5.69. The van der Waals surface area contributed by atoms with Gasteiger partial charge >= 0.3 is 11.9 Å². The number of esters is 1. The van der Waals surface area contributed by atoms with Crippen molar-refractivity contribution in [1.82, 2.24) is 4.90 Å². The van der Waals surface area contributed by atoms with Gasteiger partial charge in [0.05, 0.1) is 17.6 Å². The molecular weight excluding hydrogens is 362 g/mol. The van der Waals surface area contributed by atoms with Crippen LogP contribution in [0.5, 0.6) is 0 Å². The highest BCUT2D eigenvalue weighted by Crippen LogP contribution is 2.35. The van der Waals surface area contributed by atoms with Gasteiger partial charge in [0.15, 0.2) is 0 Å². The van der Waals surface area contributed by atoms with Crippen molar-refractivity contribution < 1.29 is 24.2 Å². The summed E-state index contributed by atoms with van der Waals surface area (Å²) in [4.78, 5) is 37.0. The second kappa shape index (κ2) is 7.79. The van der Waals surface area contributed by atoms with E-state index < -0.39 is 23.9 Å². The summed E-state index contributed by atoms with van der Waals surface area (Å²) in [5.74, 6) is -2.24. The van der Waals surface area contributed by atoms with Gasteiger partial charge in [-0.2, -0.15) is 0 Å². The molecule has 1 atom stereocenters. The number of ether oxygens (including phenoxy) is 1. The molecule has 2 rings (SSSR count). The van der Waals surface area contributed by atoms with Crippen molar-refractivity contribution >= 4 is 52.2 Å². The Morgan fingerprint density at radius 2 is 1.88 bits per heavy atom. The lowest BCUT2D eigenvalue weighted by Crippen LogP contribution is -2.47. The van der Waals surface area contributed by atoms with Gasteiger partial charge in [-0.05, 0) is 29.7 Å². The van der Waals surface area contributed by atoms with Crippen LogP contribution in [0.25, 0.3) is 6.08 Å². The second-order valence-corrected chi connectivity index (χ2v) is 7.37. The summed E-state index contributed by atoms with van der Waals surface area (Å²) in [7, 11) is 1.30. The number of hydrogen-bond donors (Lipinski definition) is 1. The molecule has 1 aromatic carbocycles. The number of thioether (sulfide) groups is 1. The van der Waals surface area contributed by atoms with Crippen molar-refractivity contribution in [3.05, 3.63) is 40.3 Å². The molecule has 1 aliphatic heterocycles. The van der Waals surface area contributed by atoms with E-state index in [4.69, 9.17) is 12.2 Å². The first kappa shape index (κ1) is 19.1. The lowest BCUT2D eigenvalue weighted by atomic mass is 10.0. The predicted octanol–water partition coefficient (Wildman–Crippen LogP) is 2.78. The number of amides is 1. The van der Waals surface area contributed by atoms with Gasteiger partial charge < -0.3 is 9.84 Å². The molecule has 0 radical (unpaired) electrons. The minimum absolute atomic E-state index is 0.225. The normalized spacial score (nSPS) is 17.3. The summed E-state index contributed by atoms with van der Waals surface area (Å²) in [5, 5.41) is 9.40. The van der Waals surface area contributed by atoms with E-state index in [1.54, 1.807) is 44.2 Å². The van der Waals surface area contributed by atoms with Crippen LogP contribution in [0.3, 0.4) is 0 Å². The van der Waals surface area contributed by atoms with Crippen LogP contribution in [0, 0.1) is 5.92 Å². The van der Waals surface area contributed by atoms with E-state index >= 15 is 0 Å². The van der Waals surface area contributed by atoms with Crippen LogP contribution in [-0.2, 0) is 14.3 Å². The number of methoxy groups -OCH3 is 1. The van der Waals surface area contributed by atoms with Crippen molar-refractivity contribution in [3.8, 4) is 0 Å². The number of nitrogens with zero attached hydrogens (tertiary/aromatic N) is 1. The molecule has 0 unspecified atom stereocenters. The number of carboxylic acids is 1. The number of carboxylic acid groups (broad SMARTS) is 1. The molecule has 1 heterocycles. The van der Waals surface area contributed by atoms with E-state index in [2.05, 4.69) is 4.74 Å². The molecule has 1 saturated heterocycles. The lowest BCUT2D eigenvalue weighted by molar-refractivity contribution is -0.146. The summed E-state index contributed by atoms with van der Waals surface area (Å²) in [5.41, 5.74) is 1.10. The topological polar surface area (TPSA) is 83.9 Å². The van der Waals surface area contributed by atoms with Gasteiger partial charge in [0.2, 0.25) is 0 Å². The SMILES string of the molecule is COC(=O)c1ccc(C=C2SC(=S)N([C@@H](C(=O)O)C(C)C)C2=O)cc1. The molecule has 1 N–H and O–H groups in total. The molecule has 0 saturated carbocycles. The molecule has 1 aromatic rings. The Morgan fingerprint density at radius 1 is 1.28 bits per heavy atom. The Hall–Kier alpha value is -2.19. The van der Waals surface area contributed by atoms with Crippen LogP contribution in [0.1, 0.15) is 29.8 Å². The van der Waals surface area contributed by atoms with E-state index in [-0.39, 0.29) is 10.2 Å². The number of benzene rings is 1. The van der Waals surface area contributed by atoms with Gasteiger partial charge in [0.25, 0.3) is 5.91 Å². The van der Waals surface area contributed by atoms with Crippen molar-refractivity contribution in [2.45, 2.75) is 19.9 Å². The smallest absolute Gasteiger partial charge is 0.337 e. The monoisotopic (exact) mass is 379 g/mol. The third-order valence-electron chi connectivity index (χ3n) is 3.62. The fourth-order valence-corrected chi connectivity index (χ4v) is 3.73. The van der Waals surface area contributed by atoms with Gasteiger partial charge in [-0.15, -0.1) is 0 Å². The van der Waals surface area contributed by atoms with Crippen LogP contribution in [0.4, 0.5) is 0 Å². The van der Waals surface area contributed by atoms with Crippen LogP contribution in [0.2, 0.25) is 0 Å². The zero-order valence-corrected chi connectivity index (χ0v) is 15.5. The first-order valence-corrected chi connectivity index (χ1v) is 8.67. The highest BCUT2D eigenvalue weighted by molar-refractivity contribution is 8.26. The standard InChI is InChI=1S/C17H17NO5S2/c1-9(2)13(15(20)21)18-14(19)12(25-17(18)24)8-10-4-6-11(7-5-10)16(22)23-3/h4-9,13H,1-3H3,(H,20,21)/t13-/m1/s1. The molecule has 132 valence electrons. The van der Waals surface area contributed by atoms with Crippen molar-refractivity contribution in [3.63, 3.8) is 0 Å². The van der Waals surface area contributed by atoms with E-state index in [1.807, 2.05) is 0 Å². The number of thiocarbonyl (C=S) groups is 1. The Kier molecular flexibility index (Phi) is 5.97. The van der Waals surface area contributed by atoms with Gasteiger partial charge in [-0.25, -0.2) is 9.59 Å². The molecule has 0 aromatic heterocycles. The summed E-state index contributed by atoms with van der Waals surface area (Å²) >= 11 is 6.27. The first-order valence-electron chi connectivity index (χ1n) is 7.44. The Labute approximate surface area is 154 Å². The third kappa shape index (κ3) is 4.08. The van der Waals surface area contributed by atoms with Gasteiger partial charge in [-0.1, -0.05) is 50.0 Å². The zero-order valence-electron chi connectivity index (χ0n) is 13.9. The number of aliphatic carboxylic acids is 1. The maximum atomic E-state index is 12.6. The Morgan fingerprint density at radius 3 is 2.36 bits per heavy atom. The summed E-state index contributed by atoms with van der Waals surface area (Å²) < 4.78 is 4.86. The average molecular weight is 379 g/mol. The molecular formula is C17H17NO5S2. The molecule has 1 aliphatic rings. The number of carbonyl (C=O) groups excluding carboxylic acids is 2. The molecule has 0 bridgehead atoms. The summed E-state index contributed by atoms with van der Waals surface area (Å²) in [6, 6.07) is 5.53. The van der Waals surface area contributed by atoms with E-state index in [9.17, 15) is 19.5 Å². The highest BCUT2D eigenvalue weighted by Gasteiger charge is 2.41. The molecule has 8 heteroatoms. The molecule has 25 heavy (non-hydrogen) atoms. The van der Waals surface area contributed by atoms with Crippen molar-refractivity contribution in [1.29, 1.82) is 0 Å². The van der Waals surface area contributed by atoms with E-state index in [1.165, 1.54) is 7.11 Å². The Balaban J connectivity index is 2.28. The van der Waals surface area contributed by atoms with Crippen LogP contribution < -0.4 is 0 Å². The fourth-order valence-electron chi connectivity index (χ4n) is 2.40. The van der Waals surface area contributed by atoms with Crippen molar-refractivity contribution in [2.75, 3.05) is 7.11 Å². The van der Waals surface area contributed by atoms with Gasteiger partial charge in [0.1, 0.15) is 10.4 Å². The largest absolute Gasteiger partial charge is 0.480 e. The van der Waals surface area contributed by atoms with Crippen LogP contribution in [-0.4, -0.2) is 45.3 Å². The molecule has 0 spiro atoms. The number of carbonyl (C=O) groups is 3. The minimum Gasteiger partial charge on any atom is -0.480 e. The summed E-state index contributed by atoms with van der Waals surface area (Å²) in [6.45, 7) is 3.46. The number of rotatable bonds is 5. The van der Waals surface area contributed by atoms with Crippen LogP contribution in [0.15, 0.2) is 29.2 Å². The third-order valence-corrected chi connectivity index (χ3v) is 4.95. The van der Waals surface area contributed by atoms with Crippen LogP contribution >= 0.6 is 24.0 Å². The molecule has 1 amide bonds. The zero-order chi connectivity index (χ0) is 18.7. The molecule has 1 fully saturated rings. The molecule has 0 aliphatic carbocycles. The quantitative estimate of drug-likeness (QED) is 0.478. The predicted molar refractivity (Wildman–Crippen MR) is 99.1 cm³/mol. The fraction of sp³-hybridized carbons (Fsp3) is 0.294. The van der Waals surface area contributed by atoms with Crippen molar-refractivity contribution in [2.24, 2.45) is 5.92 Å². The summed E-state index contributed by atoms with van der Waals surface area (Å²) in [6.07, 6.45) is 1.62.